The van der Waals surface area contributed by atoms with Gasteiger partial charge in [0, 0.05) is 0 Å². The number of nitrogens with zero attached hydrogens (tertiary/aromatic N) is 4. The van der Waals surface area contributed by atoms with Crippen molar-refractivity contribution >= 4 is 17.0 Å². The molecule has 0 aliphatic carbocycles. The van der Waals surface area contributed by atoms with Crippen molar-refractivity contribution in [3.63, 3.8) is 0 Å². The Balaban J connectivity index is 1.40. The Labute approximate surface area is 149 Å². The molecule has 2 saturated heterocycles. The van der Waals surface area contributed by atoms with Gasteiger partial charge in [-0.05, 0) is 38.5 Å². The van der Waals surface area contributed by atoms with Gasteiger partial charge >= 0.3 is 0 Å². The lowest BCUT2D eigenvalue weighted by molar-refractivity contribution is -0.905. The Hall–Kier alpha value is -1.73. The molecule has 7 nitrogen and oxygen atoms in total. The first-order chi connectivity index (χ1) is 12.4. The molecule has 0 saturated carbocycles. The van der Waals surface area contributed by atoms with Gasteiger partial charge in [0.2, 0.25) is 0 Å². The number of anilines is 1. The Morgan fingerprint density at radius 3 is 2.36 bits per heavy atom. The molecule has 2 aromatic heterocycles. The molecule has 7 heteroatoms. The third-order valence-electron chi connectivity index (χ3n) is 5.73. The Bertz CT molecular complexity index is 671. The van der Waals surface area contributed by atoms with Crippen LogP contribution in [0, 0.1) is 0 Å². The van der Waals surface area contributed by atoms with E-state index in [1.165, 1.54) is 64.7 Å². The molecule has 2 aromatic rings. The number of hydrogen-bond donors (Lipinski definition) is 3. The van der Waals surface area contributed by atoms with Gasteiger partial charge in [0.1, 0.15) is 6.33 Å². The molecule has 0 radical (unpaired) electrons. The van der Waals surface area contributed by atoms with Gasteiger partial charge in [-0.15, -0.1) is 0 Å². The van der Waals surface area contributed by atoms with Crippen molar-refractivity contribution in [3.05, 3.63) is 12.7 Å². The van der Waals surface area contributed by atoms with E-state index in [1.807, 2.05) is 6.33 Å². The fourth-order valence-corrected chi connectivity index (χ4v) is 4.19. The van der Waals surface area contributed by atoms with Crippen molar-refractivity contribution in [1.82, 2.24) is 19.5 Å². The fraction of sp³-hybridized carbons (Fsp3) is 0.722. The average molecular weight is 345 g/mol. The van der Waals surface area contributed by atoms with E-state index in [-0.39, 0.29) is 0 Å². The van der Waals surface area contributed by atoms with Crippen LogP contribution in [0.25, 0.3) is 11.2 Å². The minimum atomic E-state index is 0.882. The summed E-state index contributed by atoms with van der Waals surface area (Å²) in [5.74, 6) is 0.882. The molecule has 2 aliphatic rings. The summed E-state index contributed by atoms with van der Waals surface area (Å²) in [6, 6.07) is 0. The molecule has 0 bridgehead atoms. The number of likely N-dealkylation sites (tertiary alicyclic amines) is 2. The maximum Gasteiger partial charge on any atom is 0.165 e. The molecule has 2 fully saturated rings. The molecule has 0 unspecified atom stereocenters. The van der Waals surface area contributed by atoms with E-state index >= 15 is 0 Å². The van der Waals surface area contributed by atoms with Crippen LogP contribution in [0.4, 0.5) is 5.82 Å². The molecule has 0 spiro atoms. The predicted molar refractivity (Wildman–Crippen MR) is 97.8 cm³/mol. The summed E-state index contributed by atoms with van der Waals surface area (Å²) in [5, 5.41) is 3.51. The maximum atomic E-state index is 4.60. The Morgan fingerprint density at radius 1 is 0.880 bits per heavy atom. The number of aromatic nitrogens is 4. The van der Waals surface area contributed by atoms with E-state index in [0.717, 1.165) is 36.7 Å². The summed E-state index contributed by atoms with van der Waals surface area (Å²) in [4.78, 5) is 16.9. The zero-order valence-electron chi connectivity index (χ0n) is 15.1. The zero-order chi connectivity index (χ0) is 16.9. The third kappa shape index (κ3) is 4.10. The van der Waals surface area contributed by atoms with E-state index in [9.17, 15) is 0 Å². The highest BCUT2D eigenvalue weighted by Gasteiger charge is 2.17. The number of hydrogen-bond acceptors (Lipinski definition) is 4. The van der Waals surface area contributed by atoms with Crippen LogP contribution in [0.1, 0.15) is 38.5 Å². The smallest absolute Gasteiger partial charge is 0.165 e. The normalized spacial score (nSPS) is 20.2. The summed E-state index contributed by atoms with van der Waals surface area (Å²) in [6.07, 6.45) is 11.8. The minimum Gasteiger partial charge on any atom is -0.333 e. The molecule has 136 valence electrons. The SMILES string of the molecule is c1nc(NC[NH+]2CCCCC2)c2ncn(CC[NH+]3CCCCC3)c2n1. The number of rotatable bonds is 6. The summed E-state index contributed by atoms with van der Waals surface area (Å²) in [6.45, 7) is 8.22. The van der Waals surface area contributed by atoms with Crippen LogP contribution in [-0.2, 0) is 6.54 Å². The second kappa shape index (κ2) is 8.10. The molecule has 4 rings (SSSR count). The number of quaternary nitrogens is 2. The van der Waals surface area contributed by atoms with Crippen molar-refractivity contribution in [2.45, 2.75) is 45.1 Å². The van der Waals surface area contributed by atoms with Gasteiger partial charge in [-0.25, -0.2) is 15.0 Å². The van der Waals surface area contributed by atoms with E-state index < -0.39 is 0 Å². The first-order valence-electron chi connectivity index (χ1n) is 9.97. The highest BCUT2D eigenvalue weighted by molar-refractivity contribution is 5.82. The molecular formula is C18H31N7+2. The molecule has 0 amide bonds. The van der Waals surface area contributed by atoms with Crippen LogP contribution < -0.4 is 15.1 Å². The highest BCUT2D eigenvalue weighted by Crippen LogP contribution is 2.16. The maximum absolute atomic E-state index is 4.60. The van der Waals surface area contributed by atoms with Crippen LogP contribution in [-0.4, -0.2) is 58.9 Å². The second-order valence-corrected chi connectivity index (χ2v) is 7.56. The van der Waals surface area contributed by atoms with Crippen LogP contribution in [0.3, 0.4) is 0 Å². The van der Waals surface area contributed by atoms with Crippen LogP contribution in [0.5, 0.6) is 0 Å². The molecule has 2 aliphatic heterocycles. The quantitative estimate of drug-likeness (QED) is 0.650. The van der Waals surface area contributed by atoms with E-state index in [1.54, 1.807) is 16.1 Å². The Kier molecular flexibility index (Phi) is 5.42. The minimum absolute atomic E-state index is 0.882. The topological polar surface area (TPSA) is 64.5 Å². The molecular weight excluding hydrogens is 314 g/mol. The first kappa shape index (κ1) is 16.7. The summed E-state index contributed by atoms with van der Waals surface area (Å²) < 4.78 is 2.19. The van der Waals surface area contributed by atoms with E-state index in [2.05, 4.69) is 24.8 Å². The Morgan fingerprint density at radius 2 is 1.60 bits per heavy atom. The second-order valence-electron chi connectivity index (χ2n) is 7.56. The molecule has 0 atom stereocenters. The van der Waals surface area contributed by atoms with Gasteiger partial charge in [-0.2, -0.15) is 0 Å². The van der Waals surface area contributed by atoms with Gasteiger partial charge in [-0.1, -0.05) is 0 Å². The van der Waals surface area contributed by atoms with Crippen LogP contribution in [0.2, 0.25) is 0 Å². The van der Waals surface area contributed by atoms with Gasteiger partial charge in [0.05, 0.1) is 45.6 Å². The first-order valence-corrected chi connectivity index (χ1v) is 9.97. The van der Waals surface area contributed by atoms with Crippen molar-refractivity contribution in [1.29, 1.82) is 0 Å². The van der Waals surface area contributed by atoms with Gasteiger partial charge in [0.15, 0.2) is 23.7 Å². The van der Waals surface area contributed by atoms with Crippen LogP contribution in [0.15, 0.2) is 12.7 Å². The molecule has 4 heterocycles. The lowest BCUT2D eigenvalue weighted by Crippen LogP contribution is -3.13. The van der Waals surface area contributed by atoms with Crippen molar-refractivity contribution in [2.24, 2.45) is 0 Å². The van der Waals surface area contributed by atoms with Gasteiger partial charge in [-0.3, -0.25) is 0 Å². The van der Waals surface area contributed by atoms with Gasteiger partial charge in [0.25, 0.3) is 0 Å². The lowest BCUT2D eigenvalue weighted by atomic mass is 10.1. The fourth-order valence-electron chi connectivity index (χ4n) is 4.19. The standard InChI is InChI=1S/C18H29N7/c1-3-7-23(8-4-1)11-12-25-15-21-16-17(19-13-20-18(16)25)22-14-24-9-5-2-6-10-24/h13,15H,1-12,14H2,(H,19,20,22)/p+2. The summed E-state index contributed by atoms with van der Waals surface area (Å²) in [7, 11) is 0. The molecule has 25 heavy (non-hydrogen) atoms. The number of fused-ring (bicyclic) bond motifs is 1. The third-order valence-corrected chi connectivity index (χ3v) is 5.73. The van der Waals surface area contributed by atoms with E-state index in [0.29, 0.717) is 0 Å². The summed E-state index contributed by atoms with van der Waals surface area (Å²) in [5.41, 5.74) is 1.87. The largest absolute Gasteiger partial charge is 0.333 e. The number of imidazole rings is 1. The monoisotopic (exact) mass is 345 g/mol. The lowest BCUT2D eigenvalue weighted by Gasteiger charge is -2.24. The number of piperidine rings is 2. The molecule has 0 aromatic carbocycles. The van der Waals surface area contributed by atoms with Gasteiger partial charge < -0.3 is 19.7 Å². The van der Waals surface area contributed by atoms with Crippen molar-refractivity contribution < 1.29 is 9.80 Å². The average Bonchev–Trinajstić information content (AvgIpc) is 3.10. The van der Waals surface area contributed by atoms with Crippen LogP contribution >= 0.6 is 0 Å². The van der Waals surface area contributed by atoms with Crippen molar-refractivity contribution in [2.75, 3.05) is 44.7 Å². The van der Waals surface area contributed by atoms with Crippen molar-refractivity contribution in [3.8, 4) is 0 Å². The highest BCUT2D eigenvalue weighted by atomic mass is 15.3. The predicted octanol–water partition coefficient (Wildman–Crippen LogP) is -0.667. The zero-order valence-corrected chi connectivity index (χ0v) is 15.1. The summed E-state index contributed by atoms with van der Waals surface area (Å²) >= 11 is 0. The van der Waals surface area contributed by atoms with E-state index in [4.69, 9.17) is 0 Å². The number of nitrogens with one attached hydrogen (secondary N) is 3. The molecule has 3 N–H and O–H groups in total.